The highest BCUT2D eigenvalue weighted by Gasteiger charge is 2.21. The van der Waals surface area contributed by atoms with Gasteiger partial charge < -0.3 is 14.9 Å². The van der Waals surface area contributed by atoms with Crippen molar-refractivity contribution in [1.82, 2.24) is 4.90 Å². The maximum Gasteiger partial charge on any atom is 0.341 e. The molecule has 1 aromatic heterocycles. The van der Waals surface area contributed by atoms with Crippen LogP contribution in [0, 0.1) is 0 Å². The molecule has 5 heteroatoms. The number of furan rings is 1. The van der Waals surface area contributed by atoms with Crippen molar-refractivity contribution < 1.29 is 13.9 Å². The number of rotatable bonds is 3. The second-order valence-corrected chi connectivity index (χ2v) is 4.39. The molecule has 0 radical (unpaired) electrons. The van der Waals surface area contributed by atoms with E-state index >= 15 is 0 Å². The molecule has 1 aliphatic heterocycles. The van der Waals surface area contributed by atoms with E-state index in [2.05, 4.69) is 4.90 Å². The largest absolute Gasteiger partial charge is 0.467 e. The molecule has 0 aliphatic carbocycles. The lowest BCUT2D eigenvalue weighted by atomic mass is 10.1. The van der Waals surface area contributed by atoms with Gasteiger partial charge in [0.25, 0.3) is 0 Å². The van der Waals surface area contributed by atoms with Crippen molar-refractivity contribution >= 4 is 5.97 Å². The smallest absolute Gasteiger partial charge is 0.341 e. The number of hydrogen-bond acceptors (Lipinski definition) is 5. The second kappa shape index (κ2) is 5.33. The number of carbonyl (C=O) groups is 1. The summed E-state index contributed by atoms with van der Waals surface area (Å²) in [7, 11) is 1.37. The van der Waals surface area contributed by atoms with Gasteiger partial charge in [-0.15, -0.1) is 0 Å². The fourth-order valence-corrected chi connectivity index (χ4v) is 2.19. The number of carbonyl (C=O) groups excluding carboxylic acids is 1. The van der Waals surface area contributed by atoms with Crippen LogP contribution in [0.15, 0.2) is 16.7 Å². The first-order valence-electron chi connectivity index (χ1n) is 5.83. The Kier molecular flexibility index (Phi) is 3.81. The summed E-state index contributed by atoms with van der Waals surface area (Å²) in [5, 5.41) is 0. The SMILES string of the molecule is COC(=O)c1ccoc1CN1CCCC(N)C1. The number of nitrogens with two attached hydrogens (primary N) is 1. The molecule has 2 N–H and O–H groups in total. The van der Waals surface area contributed by atoms with Crippen molar-refractivity contribution in [3.8, 4) is 0 Å². The van der Waals surface area contributed by atoms with Crippen LogP contribution in [0.2, 0.25) is 0 Å². The van der Waals surface area contributed by atoms with Crippen LogP contribution < -0.4 is 5.73 Å². The first-order chi connectivity index (χ1) is 8.20. The zero-order valence-corrected chi connectivity index (χ0v) is 10.0. The molecule has 0 saturated carbocycles. The van der Waals surface area contributed by atoms with Gasteiger partial charge in [-0.2, -0.15) is 0 Å². The molecule has 1 fully saturated rings. The van der Waals surface area contributed by atoms with Crippen molar-refractivity contribution in [3.05, 3.63) is 23.7 Å². The molecule has 1 saturated heterocycles. The Morgan fingerprint density at radius 3 is 3.24 bits per heavy atom. The monoisotopic (exact) mass is 238 g/mol. The quantitative estimate of drug-likeness (QED) is 0.795. The number of hydrogen-bond donors (Lipinski definition) is 1. The molecule has 5 nitrogen and oxygen atoms in total. The first-order valence-corrected chi connectivity index (χ1v) is 5.83. The highest BCUT2D eigenvalue weighted by atomic mass is 16.5. The van der Waals surface area contributed by atoms with E-state index in [-0.39, 0.29) is 12.0 Å². The summed E-state index contributed by atoms with van der Waals surface area (Å²) in [6.45, 7) is 2.46. The Morgan fingerprint density at radius 2 is 2.53 bits per heavy atom. The van der Waals surface area contributed by atoms with E-state index in [1.165, 1.54) is 13.4 Å². The third kappa shape index (κ3) is 2.87. The van der Waals surface area contributed by atoms with E-state index in [9.17, 15) is 4.79 Å². The van der Waals surface area contributed by atoms with E-state index in [1.54, 1.807) is 6.07 Å². The standard InChI is InChI=1S/C12H18N2O3/c1-16-12(15)10-4-6-17-11(10)8-14-5-2-3-9(13)7-14/h4,6,9H,2-3,5,7-8,13H2,1H3. The number of ether oxygens (including phenoxy) is 1. The van der Waals surface area contributed by atoms with Crippen LogP contribution in [0.1, 0.15) is 29.0 Å². The average Bonchev–Trinajstić information content (AvgIpc) is 2.76. The Balaban J connectivity index is 2.03. The van der Waals surface area contributed by atoms with Crippen LogP contribution in [-0.2, 0) is 11.3 Å². The molecule has 17 heavy (non-hydrogen) atoms. The van der Waals surface area contributed by atoms with Gasteiger partial charge in [0.2, 0.25) is 0 Å². The Hall–Kier alpha value is -1.33. The van der Waals surface area contributed by atoms with Crippen LogP contribution in [0.3, 0.4) is 0 Å². The molecule has 0 amide bonds. The third-order valence-corrected chi connectivity index (χ3v) is 3.06. The molecule has 0 aromatic carbocycles. The van der Waals surface area contributed by atoms with Crippen LogP contribution in [0.5, 0.6) is 0 Å². The lowest BCUT2D eigenvalue weighted by molar-refractivity contribution is 0.0595. The molecular formula is C12H18N2O3. The predicted molar refractivity (Wildman–Crippen MR) is 62.5 cm³/mol. The van der Waals surface area contributed by atoms with Gasteiger partial charge in [-0.1, -0.05) is 0 Å². The van der Waals surface area contributed by atoms with Gasteiger partial charge in [-0.25, -0.2) is 4.79 Å². The van der Waals surface area contributed by atoms with Crippen LogP contribution >= 0.6 is 0 Å². The minimum absolute atomic E-state index is 0.222. The van der Waals surface area contributed by atoms with E-state index in [1.807, 2.05) is 0 Å². The van der Waals surface area contributed by atoms with Crippen LogP contribution in [-0.4, -0.2) is 37.1 Å². The second-order valence-electron chi connectivity index (χ2n) is 4.39. The third-order valence-electron chi connectivity index (χ3n) is 3.06. The number of piperidine rings is 1. The van der Waals surface area contributed by atoms with E-state index < -0.39 is 0 Å². The maximum atomic E-state index is 11.5. The molecule has 1 aliphatic rings. The molecular weight excluding hydrogens is 220 g/mol. The molecule has 0 spiro atoms. The number of nitrogens with zero attached hydrogens (tertiary/aromatic N) is 1. The summed E-state index contributed by atoms with van der Waals surface area (Å²) in [5.41, 5.74) is 6.42. The van der Waals surface area contributed by atoms with E-state index in [0.717, 1.165) is 25.9 Å². The summed E-state index contributed by atoms with van der Waals surface area (Å²) in [5.74, 6) is 0.306. The summed E-state index contributed by atoms with van der Waals surface area (Å²) in [6, 6.07) is 1.87. The van der Waals surface area contributed by atoms with Crippen molar-refractivity contribution in [3.63, 3.8) is 0 Å². The number of likely N-dealkylation sites (tertiary alicyclic amines) is 1. The van der Waals surface area contributed by atoms with Crippen LogP contribution in [0.4, 0.5) is 0 Å². The van der Waals surface area contributed by atoms with Gasteiger partial charge in [0.15, 0.2) is 0 Å². The summed E-state index contributed by atoms with van der Waals surface area (Å²) < 4.78 is 10.0. The first kappa shape index (κ1) is 12.1. The average molecular weight is 238 g/mol. The molecule has 2 heterocycles. The van der Waals surface area contributed by atoms with Crippen LogP contribution in [0.25, 0.3) is 0 Å². The van der Waals surface area contributed by atoms with Crippen molar-refractivity contribution in [2.24, 2.45) is 5.73 Å². The highest BCUT2D eigenvalue weighted by Crippen LogP contribution is 2.17. The fraction of sp³-hybridized carbons (Fsp3) is 0.583. The molecule has 0 bridgehead atoms. The van der Waals surface area contributed by atoms with Gasteiger partial charge in [0.05, 0.1) is 19.9 Å². The molecule has 1 unspecified atom stereocenters. The van der Waals surface area contributed by atoms with E-state index in [0.29, 0.717) is 17.9 Å². The van der Waals surface area contributed by atoms with Gasteiger partial charge in [0.1, 0.15) is 11.3 Å². The Morgan fingerprint density at radius 1 is 1.71 bits per heavy atom. The zero-order valence-electron chi connectivity index (χ0n) is 10.0. The predicted octanol–water partition coefficient (Wildman–Crippen LogP) is 0.989. The minimum atomic E-state index is -0.352. The lowest BCUT2D eigenvalue weighted by Crippen LogP contribution is -2.42. The van der Waals surface area contributed by atoms with Gasteiger partial charge in [0, 0.05) is 12.6 Å². The molecule has 1 aromatic rings. The van der Waals surface area contributed by atoms with Gasteiger partial charge in [-0.05, 0) is 25.5 Å². The topological polar surface area (TPSA) is 68.7 Å². The highest BCUT2D eigenvalue weighted by molar-refractivity contribution is 5.90. The van der Waals surface area contributed by atoms with Crippen molar-refractivity contribution in [1.29, 1.82) is 0 Å². The Labute approximate surface area is 101 Å². The van der Waals surface area contributed by atoms with Crippen molar-refractivity contribution in [2.75, 3.05) is 20.2 Å². The number of methoxy groups -OCH3 is 1. The van der Waals surface area contributed by atoms with Gasteiger partial charge >= 0.3 is 5.97 Å². The fourth-order valence-electron chi connectivity index (χ4n) is 2.19. The maximum absolute atomic E-state index is 11.5. The molecule has 2 rings (SSSR count). The van der Waals surface area contributed by atoms with Gasteiger partial charge in [-0.3, -0.25) is 4.90 Å². The normalized spacial score (nSPS) is 21.4. The van der Waals surface area contributed by atoms with Crippen molar-refractivity contribution in [2.45, 2.75) is 25.4 Å². The van der Waals surface area contributed by atoms with E-state index in [4.69, 9.17) is 14.9 Å². The summed E-state index contributed by atoms with van der Waals surface area (Å²) in [4.78, 5) is 13.7. The summed E-state index contributed by atoms with van der Waals surface area (Å²) in [6.07, 6.45) is 3.68. The minimum Gasteiger partial charge on any atom is -0.467 e. The zero-order chi connectivity index (χ0) is 12.3. The Bertz CT molecular complexity index is 389. The lowest BCUT2D eigenvalue weighted by Gasteiger charge is -2.29. The molecule has 94 valence electrons. The molecule has 1 atom stereocenters. The summed E-state index contributed by atoms with van der Waals surface area (Å²) >= 11 is 0. The number of esters is 1.